The van der Waals surface area contributed by atoms with Gasteiger partial charge >= 0.3 is 0 Å². The van der Waals surface area contributed by atoms with E-state index in [0.29, 0.717) is 12.0 Å². The Balaban J connectivity index is 3.01. The molecule has 0 bridgehead atoms. The highest BCUT2D eigenvalue weighted by Gasteiger charge is 2.27. The molecule has 0 N–H and O–H groups in total. The molecule has 2 nitrogen and oxygen atoms in total. The van der Waals surface area contributed by atoms with Gasteiger partial charge in [0.25, 0.3) is 0 Å². The van der Waals surface area contributed by atoms with Crippen molar-refractivity contribution in [1.29, 1.82) is 0 Å². The van der Waals surface area contributed by atoms with Crippen LogP contribution in [-0.2, 0) is 9.59 Å². The highest BCUT2D eigenvalue weighted by atomic mass is 16.1. The fourth-order valence-corrected chi connectivity index (χ4v) is 1.41. The summed E-state index contributed by atoms with van der Waals surface area (Å²) in [6, 6.07) is 0. The van der Waals surface area contributed by atoms with Crippen molar-refractivity contribution >= 4 is 11.6 Å². The molecular weight excluding hydrogens is 152 g/mol. The van der Waals surface area contributed by atoms with E-state index in [-0.39, 0.29) is 17.0 Å². The van der Waals surface area contributed by atoms with Crippen molar-refractivity contribution in [3.8, 4) is 0 Å². The third-order valence-corrected chi connectivity index (χ3v) is 2.21. The highest BCUT2D eigenvalue weighted by molar-refractivity contribution is 6.19. The fraction of sp³-hybridized carbons (Fsp3) is 0.600. The summed E-state index contributed by atoms with van der Waals surface area (Å²) >= 11 is 0. The van der Waals surface area contributed by atoms with E-state index in [2.05, 4.69) is 0 Å². The van der Waals surface area contributed by atoms with Gasteiger partial charge in [-0.15, -0.1) is 0 Å². The number of ketones is 2. The van der Waals surface area contributed by atoms with Gasteiger partial charge in [0.2, 0.25) is 0 Å². The zero-order chi connectivity index (χ0) is 9.35. The van der Waals surface area contributed by atoms with Gasteiger partial charge in [-0.3, -0.25) is 9.59 Å². The van der Waals surface area contributed by atoms with Gasteiger partial charge in [-0.05, 0) is 18.8 Å². The van der Waals surface area contributed by atoms with Crippen molar-refractivity contribution in [2.24, 2.45) is 5.41 Å². The second-order valence-electron chi connectivity index (χ2n) is 4.03. The van der Waals surface area contributed by atoms with Crippen molar-refractivity contribution in [3.05, 3.63) is 11.6 Å². The van der Waals surface area contributed by atoms with E-state index < -0.39 is 0 Å². The summed E-state index contributed by atoms with van der Waals surface area (Å²) in [5, 5.41) is 0. The molecule has 0 saturated heterocycles. The van der Waals surface area contributed by atoms with E-state index in [4.69, 9.17) is 0 Å². The summed E-state index contributed by atoms with van der Waals surface area (Å²) in [5.41, 5.74) is 0.404. The normalized spacial score (nSPS) is 21.9. The number of Topliss-reactive ketones (excluding diaryl/α,β-unsaturated/α-hetero) is 2. The number of carbonyl (C=O) groups excluding carboxylic acids is 2. The van der Waals surface area contributed by atoms with Crippen LogP contribution in [-0.4, -0.2) is 11.6 Å². The van der Waals surface area contributed by atoms with E-state index in [1.54, 1.807) is 6.08 Å². The fourth-order valence-electron chi connectivity index (χ4n) is 1.41. The number of carbonyl (C=O) groups is 2. The van der Waals surface area contributed by atoms with E-state index in [9.17, 15) is 9.59 Å². The molecule has 0 amide bonds. The molecule has 1 aliphatic carbocycles. The summed E-state index contributed by atoms with van der Waals surface area (Å²) in [6.07, 6.45) is 3.17. The SMILES string of the molecule is CC(=O)C1=CC(C)(C)CCC1=O. The summed E-state index contributed by atoms with van der Waals surface area (Å²) < 4.78 is 0. The number of allylic oxidation sites excluding steroid dienone is 2. The molecule has 0 aromatic rings. The monoisotopic (exact) mass is 166 g/mol. The van der Waals surface area contributed by atoms with Crippen LogP contribution >= 0.6 is 0 Å². The van der Waals surface area contributed by atoms with Crippen LogP contribution in [0.5, 0.6) is 0 Å². The van der Waals surface area contributed by atoms with Crippen LogP contribution in [0.15, 0.2) is 11.6 Å². The Morgan fingerprint density at radius 1 is 1.50 bits per heavy atom. The lowest BCUT2D eigenvalue weighted by atomic mass is 9.78. The Bertz CT molecular complexity index is 259. The predicted molar refractivity (Wildman–Crippen MR) is 46.8 cm³/mol. The molecular formula is C10H14O2. The Kier molecular flexibility index (Phi) is 2.18. The van der Waals surface area contributed by atoms with Gasteiger partial charge in [0.15, 0.2) is 11.6 Å². The van der Waals surface area contributed by atoms with E-state index in [1.165, 1.54) is 6.92 Å². The van der Waals surface area contributed by atoms with Crippen molar-refractivity contribution < 1.29 is 9.59 Å². The summed E-state index contributed by atoms with van der Waals surface area (Å²) in [7, 11) is 0. The number of hydrogen-bond donors (Lipinski definition) is 0. The first kappa shape index (κ1) is 9.17. The topological polar surface area (TPSA) is 34.1 Å². The van der Waals surface area contributed by atoms with Gasteiger partial charge in [-0.25, -0.2) is 0 Å². The average molecular weight is 166 g/mol. The Labute approximate surface area is 72.7 Å². The second-order valence-corrected chi connectivity index (χ2v) is 4.03. The maximum absolute atomic E-state index is 11.2. The molecule has 1 rings (SSSR count). The molecule has 66 valence electrons. The van der Waals surface area contributed by atoms with Crippen LogP contribution < -0.4 is 0 Å². The van der Waals surface area contributed by atoms with E-state index in [0.717, 1.165) is 6.42 Å². The lowest BCUT2D eigenvalue weighted by Crippen LogP contribution is -2.23. The van der Waals surface area contributed by atoms with Gasteiger partial charge in [-0.1, -0.05) is 19.9 Å². The van der Waals surface area contributed by atoms with Crippen molar-refractivity contribution in [2.75, 3.05) is 0 Å². The quantitative estimate of drug-likeness (QED) is 0.557. The van der Waals surface area contributed by atoms with Crippen molar-refractivity contribution in [1.82, 2.24) is 0 Å². The predicted octanol–water partition coefficient (Wildman–Crippen LogP) is 1.89. The largest absolute Gasteiger partial charge is 0.294 e. The van der Waals surface area contributed by atoms with Crippen LogP contribution in [0.1, 0.15) is 33.6 Å². The minimum absolute atomic E-state index is 0.00169. The zero-order valence-corrected chi connectivity index (χ0v) is 7.81. The summed E-state index contributed by atoms with van der Waals surface area (Å²) in [6.45, 7) is 5.54. The molecule has 1 aliphatic rings. The Hall–Kier alpha value is -0.920. The zero-order valence-electron chi connectivity index (χ0n) is 7.81. The van der Waals surface area contributed by atoms with Gasteiger partial charge < -0.3 is 0 Å². The maximum Gasteiger partial charge on any atom is 0.166 e. The molecule has 0 spiro atoms. The van der Waals surface area contributed by atoms with Crippen molar-refractivity contribution in [3.63, 3.8) is 0 Å². The molecule has 0 radical (unpaired) electrons. The molecule has 0 heterocycles. The second kappa shape index (κ2) is 2.85. The third-order valence-electron chi connectivity index (χ3n) is 2.21. The number of hydrogen-bond acceptors (Lipinski definition) is 2. The molecule has 0 aromatic carbocycles. The highest BCUT2D eigenvalue weighted by Crippen LogP contribution is 2.31. The van der Waals surface area contributed by atoms with Gasteiger partial charge in [-0.2, -0.15) is 0 Å². The van der Waals surface area contributed by atoms with E-state index >= 15 is 0 Å². The molecule has 0 atom stereocenters. The summed E-state index contributed by atoms with van der Waals surface area (Å²) in [4.78, 5) is 22.2. The smallest absolute Gasteiger partial charge is 0.166 e. The third kappa shape index (κ3) is 1.81. The van der Waals surface area contributed by atoms with Crippen LogP contribution in [0.2, 0.25) is 0 Å². The lowest BCUT2D eigenvalue weighted by Gasteiger charge is -2.25. The van der Waals surface area contributed by atoms with Crippen LogP contribution in [0.4, 0.5) is 0 Å². The van der Waals surface area contributed by atoms with Crippen LogP contribution in [0, 0.1) is 5.41 Å². The standard InChI is InChI=1S/C10H14O2/c1-7(11)8-6-10(2,3)5-4-9(8)12/h6H,4-5H2,1-3H3. The minimum atomic E-state index is -0.104. The Morgan fingerprint density at radius 2 is 2.08 bits per heavy atom. The molecule has 0 fully saturated rings. The van der Waals surface area contributed by atoms with E-state index in [1.807, 2.05) is 13.8 Å². The first-order valence-electron chi connectivity index (χ1n) is 4.19. The maximum atomic E-state index is 11.2. The summed E-state index contributed by atoms with van der Waals surface area (Å²) in [5.74, 6) is -0.102. The molecule has 2 heteroatoms. The van der Waals surface area contributed by atoms with Gasteiger partial charge in [0, 0.05) is 6.42 Å². The van der Waals surface area contributed by atoms with Gasteiger partial charge in [0.1, 0.15) is 0 Å². The molecule has 0 aromatic heterocycles. The Morgan fingerprint density at radius 3 is 2.50 bits per heavy atom. The molecule has 0 aliphatic heterocycles. The molecule has 0 unspecified atom stereocenters. The van der Waals surface area contributed by atoms with Crippen LogP contribution in [0.25, 0.3) is 0 Å². The molecule has 0 saturated carbocycles. The number of rotatable bonds is 1. The van der Waals surface area contributed by atoms with Crippen LogP contribution in [0.3, 0.4) is 0 Å². The first-order valence-corrected chi connectivity index (χ1v) is 4.19. The average Bonchev–Trinajstić information content (AvgIpc) is 1.94. The van der Waals surface area contributed by atoms with Crippen molar-refractivity contribution in [2.45, 2.75) is 33.6 Å². The van der Waals surface area contributed by atoms with Gasteiger partial charge in [0.05, 0.1) is 5.57 Å². The lowest BCUT2D eigenvalue weighted by molar-refractivity contribution is -0.121. The molecule has 12 heavy (non-hydrogen) atoms. The first-order chi connectivity index (χ1) is 5.42. The minimum Gasteiger partial charge on any atom is -0.294 e.